The molecule has 1 heterocycles. The fraction of sp³-hybridized carbons (Fsp3) is 0.400. The van der Waals surface area contributed by atoms with Gasteiger partial charge in [-0.25, -0.2) is 8.42 Å². The zero-order valence-electron chi connectivity index (χ0n) is 5.86. The molecule has 0 spiro atoms. The first-order valence-corrected chi connectivity index (χ1v) is 5.68. The summed E-state index contributed by atoms with van der Waals surface area (Å²) in [5, 5.41) is 3.79. The maximum absolute atomic E-state index is 10.7. The summed E-state index contributed by atoms with van der Waals surface area (Å²) in [5.74, 6) is -0.0708. The van der Waals surface area contributed by atoms with E-state index >= 15 is 0 Å². The van der Waals surface area contributed by atoms with E-state index in [1.54, 1.807) is 12.4 Å². The minimum atomic E-state index is -2.98. The molecule has 0 atom stereocenters. The van der Waals surface area contributed by atoms with Crippen molar-refractivity contribution in [2.24, 2.45) is 0 Å². The maximum Gasteiger partial charge on any atom is 0.167 e. The van der Waals surface area contributed by atoms with Crippen molar-refractivity contribution < 1.29 is 8.42 Å². The molecule has 0 bridgehead atoms. The Morgan fingerprint density at radius 3 is 2.73 bits per heavy atom. The standard InChI is InChI=1S/C5H7BrN2O2S/c1-11(9,10)4-8-3-5(6)2-7-8/h2-3H,4H2,1H3. The van der Waals surface area contributed by atoms with Gasteiger partial charge in [-0.05, 0) is 15.9 Å². The van der Waals surface area contributed by atoms with E-state index in [1.165, 1.54) is 10.9 Å². The van der Waals surface area contributed by atoms with Crippen LogP contribution < -0.4 is 0 Å². The van der Waals surface area contributed by atoms with Crippen LogP contribution in [-0.4, -0.2) is 24.5 Å². The molecule has 62 valence electrons. The molecule has 0 unspecified atom stereocenters. The average molecular weight is 239 g/mol. The molecule has 0 aliphatic rings. The summed E-state index contributed by atoms with van der Waals surface area (Å²) >= 11 is 3.16. The third-order valence-electron chi connectivity index (χ3n) is 0.969. The second-order valence-electron chi connectivity index (χ2n) is 2.25. The molecule has 1 aromatic rings. The van der Waals surface area contributed by atoms with Gasteiger partial charge in [-0.1, -0.05) is 0 Å². The summed E-state index contributed by atoms with van der Waals surface area (Å²) in [7, 11) is -2.98. The van der Waals surface area contributed by atoms with Crippen LogP contribution in [0.25, 0.3) is 0 Å². The Labute approximate surface area is 73.3 Å². The molecule has 0 amide bonds. The lowest BCUT2D eigenvalue weighted by Crippen LogP contribution is -2.08. The average Bonchev–Trinajstić information content (AvgIpc) is 2.10. The van der Waals surface area contributed by atoms with Crippen LogP contribution in [-0.2, 0) is 15.7 Å². The Morgan fingerprint density at radius 1 is 1.73 bits per heavy atom. The van der Waals surface area contributed by atoms with Crippen molar-refractivity contribution in [2.75, 3.05) is 6.26 Å². The second kappa shape index (κ2) is 2.94. The van der Waals surface area contributed by atoms with Gasteiger partial charge in [-0.3, -0.25) is 4.68 Å². The molecule has 6 heteroatoms. The van der Waals surface area contributed by atoms with Gasteiger partial charge in [-0.2, -0.15) is 5.10 Å². The minimum absolute atomic E-state index is 0.0708. The predicted octanol–water partition coefficient (Wildman–Crippen LogP) is 0.648. The Kier molecular flexibility index (Phi) is 2.34. The quantitative estimate of drug-likeness (QED) is 0.761. The van der Waals surface area contributed by atoms with Crippen molar-refractivity contribution in [3.05, 3.63) is 16.9 Å². The molecule has 0 fully saturated rings. The maximum atomic E-state index is 10.7. The van der Waals surface area contributed by atoms with Gasteiger partial charge in [0.05, 0.1) is 10.7 Å². The highest BCUT2D eigenvalue weighted by atomic mass is 79.9. The van der Waals surface area contributed by atoms with Gasteiger partial charge in [0.25, 0.3) is 0 Å². The van der Waals surface area contributed by atoms with Gasteiger partial charge in [0.1, 0.15) is 5.88 Å². The molecule has 1 aromatic heterocycles. The molecule has 0 saturated carbocycles. The number of hydrogen-bond acceptors (Lipinski definition) is 3. The van der Waals surface area contributed by atoms with E-state index in [-0.39, 0.29) is 5.88 Å². The summed E-state index contributed by atoms with van der Waals surface area (Å²) < 4.78 is 23.6. The number of sulfone groups is 1. The van der Waals surface area contributed by atoms with Crippen LogP contribution in [0, 0.1) is 0 Å². The number of nitrogens with zero attached hydrogens (tertiary/aromatic N) is 2. The van der Waals surface area contributed by atoms with Crippen LogP contribution in [0.2, 0.25) is 0 Å². The van der Waals surface area contributed by atoms with Gasteiger partial charge >= 0.3 is 0 Å². The van der Waals surface area contributed by atoms with Gasteiger partial charge in [0, 0.05) is 12.5 Å². The molecule has 11 heavy (non-hydrogen) atoms. The van der Waals surface area contributed by atoms with Crippen molar-refractivity contribution in [1.29, 1.82) is 0 Å². The van der Waals surface area contributed by atoms with E-state index in [4.69, 9.17) is 0 Å². The van der Waals surface area contributed by atoms with E-state index in [0.29, 0.717) is 0 Å². The first kappa shape index (κ1) is 8.73. The lowest BCUT2D eigenvalue weighted by atomic mass is 10.8. The Balaban J connectivity index is 2.81. The normalized spacial score (nSPS) is 11.8. The number of aromatic nitrogens is 2. The van der Waals surface area contributed by atoms with Crippen LogP contribution in [0.1, 0.15) is 0 Å². The third-order valence-corrected chi connectivity index (χ3v) is 2.11. The molecular formula is C5H7BrN2O2S. The molecule has 0 aromatic carbocycles. The van der Waals surface area contributed by atoms with Crippen LogP contribution in [0.3, 0.4) is 0 Å². The number of halogens is 1. The Morgan fingerprint density at radius 2 is 2.36 bits per heavy atom. The molecule has 1 rings (SSSR count). The molecule has 0 N–H and O–H groups in total. The van der Waals surface area contributed by atoms with Gasteiger partial charge in [0.15, 0.2) is 9.84 Å². The van der Waals surface area contributed by atoms with E-state index in [0.717, 1.165) is 4.47 Å². The zero-order valence-corrected chi connectivity index (χ0v) is 8.26. The zero-order chi connectivity index (χ0) is 8.48. The number of hydrogen-bond donors (Lipinski definition) is 0. The van der Waals surface area contributed by atoms with Crippen molar-refractivity contribution in [3.8, 4) is 0 Å². The van der Waals surface area contributed by atoms with Crippen molar-refractivity contribution in [3.63, 3.8) is 0 Å². The largest absolute Gasteiger partial charge is 0.256 e. The number of rotatable bonds is 2. The van der Waals surface area contributed by atoms with E-state index < -0.39 is 9.84 Å². The summed E-state index contributed by atoms with van der Waals surface area (Å²) in [4.78, 5) is 0. The molecule has 0 aliphatic heterocycles. The molecule has 0 aliphatic carbocycles. The fourth-order valence-electron chi connectivity index (χ4n) is 0.649. The third kappa shape index (κ3) is 3.02. The van der Waals surface area contributed by atoms with Crippen molar-refractivity contribution >= 4 is 25.8 Å². The SMILES string of the molecule is CS(=O)(=O)Cn1cc(Br)cn1. The highest BCUT2D eigenvalue weighted by Gasteiger charge is 2.03. The molecule has 0 saturated heterocycles. The topological polar surface area (TPSA) is 52.0 Å². The van der Waals surface area contributed by atoms with Crippen LogP contribution >= 0.6 is 15.9 Å². The summed E-state index contributed by atoms with van der Waals surface area (Å²) in [6.45, 7) is 0. The summed E-state index contributed by atoms with van der Waals surface area (Å²) in [6, 6.07) is 0. The highest BCUT2D eigenvalue weighted by molar-refractivity contribution is 9.10. The smallest absolute Gasteiger partial charge is 0.167 e. The summed E-state index contributed by atoms with van der Waals surface area (Å²) in [6.07, 6.45) is 4.33. The first-order chi connectivity index (χ1) is 4.97. The van der Waals surface area contributed by atoms with Gasteiger partial charge < -0.3 is 0 Å². The van der Waals surface area contributed by atoms with E-state index in [2.05, 4.69) is 21.0 Å². The van der Waals surface area contributed by atoms with Crippen LogP contribution in [0.5, 0.6) is 0 Å². The Bertz CT molecular complexity index is 343. The highest BCUT2D eigenvalue weighted by Crippen LogP contribution is 2.06. The lowest BCUT2D eigenvalue weighted by molar-refractivity contribution is 0.581. The lowest BCUT2D eigenvalue weighted by Gasteiger charge is -1.96. The molecular weight excluding hydrogens is 232 g/mol. The van der Waals surface area contributed by atoms with E-state index in [1.807, 2.05) is 0 Å². The summed E-state index contributed by atoms with van der Waals surface area (Å²) in [5.41, 5.74) is 0. The van der Waals surface area contributed by atoms with Gasteiger partial charge in [0.2, 0.25) is 0 Å². The van der Waals surface area contributed by atoms with Gasteiger partial charge in [-0.15, -0.1) is 0 Å². The van der Waals surface area contributed by atoms with E-state index in [9.17, 15) is 8.42 Å². The van der Waals surface area contributed by atoms with Crippen LogP contribution in [0.4, 0.5) is 0 Å². The van der Waals surface area contributed by atoms with Crippen LogP contribution in [0.15, 0.2) is 16.9 Å². The minimum Gasteiger partial charge on any atom is -0.256 e. The fourth-order valence-corrected chi connectivity index (χ4v) is 1.60. The monoisotopic (exact) mass is 238 g/mol. The first-order valence-electron chi connectivity index (χ1n) is 2.83. The van der Waals surface area contributed by atoms with Crippen molar-refractivity contribution in [2.45, 2.75) is 5.88 Å². The predicted molar refractivity (Wildman–Crippen MR) is 44.8 cm³/mol. The van der Waals surface area contributed by atoms with Crippen molar-refractivity contribution in [1.82, 2.24) is 9.78 Å². The molecule has 4 nitrogen and oxygen atoms in total. The second-order valence-corrected chi connectivity index (χ2v) is 5.28. The molecule has 0 radical (unpaired) electrons. The Hall–Kier alpha value is -0.360.